The summed E-state index contributed by atoms with van der Waals surface area (Å²) in [6.45, 7) is 0. The Bertz CT molecular complexity index is 3310. The lowest BCUT2D eigenvalue weighted by Crippen LogP contribution is -2.26. The Kier molecular flexibility index (Phi) is 6.10. The van der Waals surface area contributed by atoms with Crippen LogP contribution in [0.25, 0.3) is 100.0 Å². The van der Waals surface area contributed by atoms with Crippen LogP contribution in [0.5, 0.6) is 0 Å². The molecule has 3 aliphatic carbocycles. The molecule has 0 saturated heterocycles. The van der Waals surface area contributed by atoms with Gasteiger partial charge in [-0.1, -0.05) is 152 Å². The van der Waals surface area contributed by atoms with Gasteiger partial charge in [0.05, 0.1) is 16.6 Å². The number of hydrogen-bond donors (Lipinski definition) is 0. The van der Waals surface area contributed by atoms with Crippen LogP contribution in [0.4, 0.5) is 0 Å². The van der Waals surface area contributed by atoms with Crippen molar-refractivity contribution in [3.05, 3.63) is 211 Å². The molecule has 8 aromatic carbocycles. The summed E-state index contributed by atoms with van der Waals surface area (Å²) in [6.07, 6.45) is 3.74. The fourth-order valence-corrected chi connectivity index (χ4v) is 10.5. The minimum absolute atomic E-state index is 0.511. The second-order valence-electron chi connectivity index (χ2n) is 15.4. The summed E-state index contributed by atoms with van der Waals surface area (Å²) in [7, 11) is 0. The highest BCUT2D eigenvalue weighted by atomic mass is 14.9. The zero-order chi connectivity index (χ0) is 37.2. The van der Waals surface area contributed by atoms with E-state index < -0.39 is 5.41 Å². The van der Waals surface area contributed by atoms with Crippen LogP contribution in [0.3, 0.4) is 0 Å². The summed E-state index contributed by atoms with van der Waals surface area (Å²) in [5.41, 5.74) is 20.8. The molecule has 0 unspecified atom stereocenters. The van der Waals surface area contributed by atoms with Crippen molar-refractivity contribution in [1.29, 1.82) is 0 Å². The van der Waals surface area contributed by atoms with E-state index in [1.54, 1.807) is 0 Å². The van der Waals surface area contributed by atoms with Crippen molar-refractivity contribution in [2.45, 2.75) is 5.41 Å². The Morgan fingerprint density at radius 2 is 1.02 bits per heavy atom. The smallest absolute Gasteiger partial charge is 0.161 e. The van der Waals surface area contributed by atoms with Crippen LogP contribution in [0.15, 0.2) is 188 Å². The van der Waals surface area contributed by atoms with Gasteiger partial charge in [0.15, 0.2) is 5.82 Å². The standard InChI is InChI=1S/C54H31N3/c1-5-24-43-36(18-1)37-19-2-6-25-44(37)54(43)45-26-7-3-20-39(45)50-46(54)30-42-38-22-10-13-32-14-11-23-41(48(32)38)49(42)51(50)53-56-47-27-8-4-21-40(47)52(57-53)34-16-9-15-33(29-34)35-17-12-28-55-31-35/h1-31H. The molecule has 0 fully saturated rings. The maximum absolute atomic E-state index is 5.71. The largest absolute Gasteiger partial charge is 0.264 e. The van der Waals surface area contributed by atoms with Gasteiger partial charge in [0.2, 0.25) is 0 Å². The third-order valence-electron chi connectivity index (χ3n) is 12.7. The number of fused-ring (bicyclic) bond motifs is 14. The fourth-order valence-electron chi connectivity index (χ4n) is 10.5. The van der Waals surface area contributed by atoms with Crippen LogP contribution in [-0.2, 0) is 5.41 Å². The van der Waals surface area contributed by atoms with E-state index in [1.165, 1.54) is 77.5 Å². The first kappa shape index (κ1) is 30.8. The lowest BCUT2D eigenvalue weighted by molar-refractivity contribution is 0.794. The van der Waals surface area contributed by atoms with Crippen molar-refractivity contribution in [3.63, 3.8) is 0 Å². The van der Waals surface area contributed by atoms with E-state index in [9.17, 15) is 0 Å². The van der Waals surface area contributed by atoms with Crippen LogP contribution in [-0.4, -0.2) is 15.0 Å². The molecule has 13 rings (SSSR count). The van der Waals surface area contributed by atoms with Gasteiger partial charge in [0.1, 0.15) is 0 Å². The third kappa shape index (κ3) is 3.97. The van der Waals surface area contributed by atoms with Crippen molar-refractivity contribution < 1.29 is 0 Å². The van der Waals surface area contributed by atoms with Gasteiger partial charge < -0.3 is 0 Å². The highest BCUT2D eigenvalue weighted by Gasteiger charge is 2.53. The van der Waals surface area contributed by atoms with Crippen molar-refractivity contribution in [2.24, 2.45) is 0 Å². The van der Waals surface area contributed by atoms with Gasteiger partial charge in [-0.25, -0.2) is 9.97 Å². The average Bonchev–Trinajstić information content (AvgIpc) is 3.88. The molecular formula is C54H31N3. The number of aromatic nitrogens is 3. The first-order chi connectivity index (χ1) is 28.3. The molecule has 0 aliphatic heterocycles. The Labute approximate surface area is 329 Å². The summed E-state index contributed by atoms with van der Waals surface area (Å²) in [5, 5.41) is 3.56. The van der Waals surface area contributed by atoms with Crippen molar-refractivity contribution >= 4 is 21.7 Å². The summed E-state index contributed by atoms with van der Waals surface area (Å²) >= 11 is 0. The topological polar surface area (TPSA) is 38.7 Å². The lowest BCUT2D eigenvalue weighted by atomic mass is 9.70. The van der Waals surface area contributed by atoms with Gasteiger partial charge in [0.25, 0.3) is 0 Å². The molecule has 10 aromatic rings. The molecule has 0 atom stereocenters. The molecule has 2 heterocycles. The maximum Gasteiger partial charge on any atom is 0.161 e. The number of rotatable bonds is 3. The van der Waals surface area contributed by atoms with Gasteiger partial charge in [-0.05, 0) is 102 Å². The molecule has 3 aliphatic rings. The van der Waals surface area contributed by atoms with Crippen LogP contribution >= 0.6 is 0 Å². The van der Waals surface area contributed by atoms with E-state index in [2.05, 4.69) is 175 Å². The fraction of sp³-hybridized carbons (Fsp3) is 0.0185. The van der Waals surface area contributed by atoms with Gasteiger partial charge in [0, 0.05) is 40.0 Å². The van der Waals surface area contributed by atoms with Crippen LogP contribution in [0.1, 0.15) is 22.3 Å². The number of pyridine rings is 1. The molecule has 3 heteroatoms. The summed E-state index contributed by atoms with van der Waals surface area (Å²) in [4.78, 5) is 15.7. The van der Waals surface area contributed by atoms with Crippen molar-refractivity contribution in [1.82, 2.24) is 15.0 Å². The highest BCUT2D eigenvalue weighted by molar-refractivity contribution is 6.21. The highest BCUT2D eigenvalue weighted by Crippen LogP contribution is 2.67. The monoisotopic (exact) mass is 721 g/mol. The van der Waals surface area contributed by atoms with Crippen LogP contribution < -0.4 is 0 Å². The SMILES string of the molecule is c1cncc(-c2cccc(-c3nc(-c4c5c(cc6c4-c4ccccc4C64c6ccccc6-c6ccccc64)-c4cccc6cccc-5c46)nc4ccccc34)c2)c1. The summed E-state index contributed by atoms with van der Waals surface area (Å²) in [6, 6.07) is 64.4. The Morgan fingerprint density at radius 1 is 0.386 bits per heavy atom. The summed E-state index contributed by atoms with van der Waals surface area (Å²) < 4.78 is 0. The number of nitrogens with zero attached hydrogens (tertiary/aromatic N) is 3. The number of para-hydroxylation sites is 1. The molecule has 262 valence electrons. The zero-order valence-corrected chi connectivity index (χ0v) is 30.7. The number of benzene rings is 8. The van der Waals surface area contributed by atoms with E-state index in [4.69, 9.17) is 9.97 Å². The van der Waals surface area contributed by atoms with Crippen molar-refractivity contribution in [3.8, 4) is 78.3 Å². The Morgan fingerprint density at radius 3 is 1.79 bits per heavy atom. The predicted molar refractivity (Wildman–Crippen MR) is 232 cm³/mol. The van der Waals surface area contributed by atoms with E-state index in [0.29, 0.717) is 0 Å². The predicted octanol–water partition coefficient (Wildman–Crippen LogP) is 13.2. The molecule has 0 bridgehead atoms. The van der Waals surface area contributed by atoms with Gasteiger partial charge in [-0.15, -0.1) is 0 Å². The Balaban J connectivity index is 1.20. The van der Waals surface area contributed by atoms with Gasteiger partial charge >= 0.3 is 0 Å². The third-order valence-corrected chi connectivity index (χ3v) is 12.7. The molecule has 1 spiro atoms. The molecule has 57 heavy (non-hydrogen) atoms. The maximum atomic E-state index is 5.71. The molecule has 2 aromatic heterocycles. The van der Waals surface area contributed by atoms with E-state index in [1.807, 2.05) is 18.5 Å². The summed E-state index contributed by atoms with van der Waals surface area (Å²) in [5.74, 6) is 0.736. The number of hydrogen-bond acceptors (Lipinski definition) is 3. The molecule has 0 amide bonds. The van der Waals surface area contributed by atoms with Crippen molar-refractivity contribution in [2.75, 3.05) is 0 Å². The molecule has 0 N–H and O–H groups in total. The zero-order valence-electron chi connectivity index (χ0n) is 30.7. The van der Waals surface area contributed by atoms with Crippen LogP contribution in [0.2, 0.25) is 0 Å². The van der Waals surface area contributed by atoms with Crippen LogP contribution in [0, 0.1) is 0 Å². The molecule has 0 radical (unpaired) electrons. The molecular weight excluding hydrogens is 691 g/mol. The van der Waals surface area contributed by atoms with Gasteiger partial charge in [-0.3, -0.25) is 4.98 Å². The first-order valence-electron chi connectivity index (χ1n) is 19.6. The van der Waals surface area contributed by atoms with E-state index >= 15 is 0 Å². The van der Waals surface area contributed by atoms with E-state index in [-0.39, 0.29) is 0 Å². The van der Waals surface area contributed by atoms with E-state index in [0.717, 1.165) is 44.7 Å². The average molecular weight is 722 g/mol. The second kappa shape index (κ2) is 11.3. The first-order valence-corrected chi connectivity index (χ1v) is 19.6. The quantitative estimate of drug-likeness (QED) is 0.182. The second-order valence-corrected chi connectivity index (χ2v) is 15.4. The Hall–Kier alpha value is -7.49. The minimum atomic E-state index is -0.511. The molecule has 3 nitrogen and oxygen atoms in total. The normalized spacial score (nSPS) is 13.4. The lowest BCUT2D eigenvalue weighted by Gasteiger charge is -2.31. The molecule has 0 saturated carbocycles. The minimum Gasteiger partial charge on any atom is -0.264 e. The van der Waals surface area contributed by atoms with Gasteiger partial charge in [-0.2, -0.15) is 0 Å².